The molecule has 0 amide bonds. The van der Waals surface area contributed by atoms with Gasteiger partial charge in [0.05, 0.1) is 6.42 Å². The Hall–Kier alpha value is -1.83. The summed E-state index contributed by atoms with van der Waals surface area (Å²) in [4.78, 5) is 11.3. The minimum atomic E-state index is -0.111. The number of allylic oxidation sites excluding steroid dienone is 3. The van der Waals surface area contributed by atoms with E-state index in [4.69, 9.17) is 4.74 Å². The first-order valence-corrected chi connectivity index (χ1v) is 5.97. The van der Waals surface area contributed by atoms with E-state index in [0.29, 0.717) is 12.3 Å². The largest absolute Gasteiger partial charge is 0.431 e. The number of ether oxygens (including phenoxy) is 1. The van der Waals surface area contributed by atoms with Crippen molar-refractivity contribution in [2.45, 2.75) is 18.8 Å². The quantitative estimate of drug-likeness (QED) is 0.543. The van der Waals surface area contributed by atoms with Crippen molar-refractivity contribution < 1.29 is 9.53 Å². The Kier molecular flexibility index (Phi) is 2.56. The summed E-state index contributed by atoms with van der Waals surface area (Å²) in [6.07, 6.45) is 7.82. The molecule has 0 saturated carbocycles. The summed E-state index contributed by atoms with van der Waals surface area (Å²) in [5, 5.41) is 0. The zero-order valence-corrected chi connectivity index (χ0v) is 9.50. The average Bonchev–Trinajstić information content (AvgIpc) is 2.58. The SMILES string of the molecule is O=C1C[C@H]2C=CC[C@@H](c3ccccc3)C=C2O1. The van der Waals surface area contributed by atoms with Gasteiger partial charge in [0, 0.05) is 11.8 Å². The highest BCUT2D eigenvalue weighted by Gasteiger charge is 2.29. The van der Waals surface area contributed by atoms with Crippen molar-refractivity contribution in [2.75, 3.05) is 0 Å². The van der Waals surface area contributed by atoms with Crippen molar-refractivity contribution in [1.29, 1.82) is 0 Å². The maximum atomic E-state index is 11.3. The summed E-state index contributed by atoms with van der Waals surface area (Å²) >= 11 is 0. The molecule has 17 heavy (non-hydrogen) atoms. The van der Waals surface area contributed by atoms with E-state index in [1.54, 1.807) is 0 Å². The first-order chi connectivity index (χ1) is 8.33. The molecule has 0 bridgehead atoms. The van der Waals surface area contributed by atoms with E-state index in [1.165, 1.54) is 5.56 Å². The minimum absolute atomic E-state index is 0.111. The highest BCUT2D eigenvalue weighted by atomic mass is 16.5. The molecule has 2 heteroatoms. The lowest BCUT2D eigenvalue weighted by molar-refractivity contribution is -0.135. The Morgan fingerprint density at radius 1 is 1.12 bits per heavy atom. The maximum absolute atomic E-state index is 11.3. The molecule has 1 fully saturated rings. The van der Waals surface area contributed by atoms with Crippen molar-refractivity contribution in [3.63, 3.8) is 0 Å². The molecule has 2 atom stereocenters. The van der Waals surface area contributed by atoms with Crippen LogP contribution in [0.25, 0.3) is 0 Å². The summed E-state index contributed by atoms with van der Waals surface area (Å²) in [6.45, 7) is 0. The molecule has 1 heterocycles. The summed E-state index contributed by atoms with van der Waals surface area (Å²) in [6, 6.07) is 10.3. The number of carbonyl (C=O) groups excluding carboxylic acids is 1. The molecule has 0 aromatic heterocycles. The number of esters is 1. The fourth-order valence-electron chi connectivity index (χ4n) is 2.44. The van der Waals surface area contributed by atoms with Crippen LogP contribution in [-0.2, 0) is 9.53 Å². The van der Waals surface area contributed by atoms with E-state index in [1.807, 2.05) is 18.2 Å². The Labute approximate surface area is 101 Å². The molecular weight excluding hydrogens is 212 g/mol. The monoisotopic (exact) mass is 226 g/mol. The van der Waals surface area contributed by atoms with E-state index < -0.39 is 0 Å². The second-order valence-electron chi connectivity index (χ2n) is 4.53. The first-order valence-electron chi connectivity index (χ1n) is 5.97. The Morgan fingerprint density at radius 3 is 2.76 bits per heavy atom. The van der Waals surface area contributed by atoms with Crippen LogP contribution in [0.3, 0.4) is 0 Å². The predicted molar refractivity (Wildman–Crippen MR) is 65.2 cm³/mol. The molecule has 1 saturated heterocycles. The van der Waals surface area contributed by atoms with E-state index in [-0.39, 0.29) is 11.9 Å². The number of benzene rings is 1. The van der Waals surface area contributed by atoms with Gasteiger partial charge in [-0.25, -0.2) is 0 Å². The summed E-state index contributed by atoms with van der Waals surface area (Å²) in [7, 11) is 0. The lowest BCUT2D eigenvalue weighted by Gasteiger charge is -2.10. The third kappa shape index (κ3) is 2.03. The van der Waals surface area contributed by atoms with E-state index >= 15 is 0 Å². The van der Waals surface area contributed by atoms with E-state index in [9.17, 15) is 4.79 Å². The van der Waals surface area contributed by atoms with Crippen LogP contribution in [0.15, 0.2) is 54.3 Å². The van der Waals surface area contributed by atoms with Gasteiger partial charge in [0.25, 0.3) is 0 Å². The van der Waals surface area contributed by atoms with Gasteiger partial charge in [-0.2, -0.15) is 0 Å². The van der Waals surface area contributed by atoms with Gasteiger partial charge in [0.1, 0.15) is 5.76 Å². The van der Waals surface area contributed by atoms with Crippen LogP contribution in [0.4, 0.5) is 0 Å². The van der Waals surface area contributed by atoms with Crippen LogP contribution >= 0.6 is 0 Å². The van der Waals surface area contributed by atoms with Gasteiger partial charge in [0.2, 0.25) is 0 Å². The van der Waals surface area contributed by atoms with Gasteiger partial charge < -0.3 is 4.74 Å². The van der Waals surface area contributed by atoms with Crippen LogP contribution in [0.5, 0.6) is 0 Å². The summed E-state index contributed by atoms with van der Waals surface area (Å²) in [5.41, 5.74) is 1.27. The first kappa shape index (κ1) is 10.3. The van der Waals surface area contributed by atoms with Crippen LogP contribution in [-0.4, -0.2) is 5.97 Å². The lowest BCUT2D eigenvalue weighted by atomic mass is 9.95. The van der Waals surface area contributed by atoms with E-state index in [2.05, 4.69) is 30.4 Å². The van der Waals surface area contributed by atoms with Crippen LogP contribution < -0.4 is 0 Å². The van der Waals surface area contributed by atoms with Crippen molar-refractivity contribution in [3.8, 4) is 0 Å². The zero-order valence-electron chi connectivity index (χ0n) is 9.50. The third-order valence-corrected chi connectivity index (χ3v) is 3.34. The number of fused-ring (bicyclic) bond motifs is 1. The third-order valence-electron chi connectivity index (χ3n) is 3.34. The van der Waals surface area contributed by atoms with Gasteiger partial charge in [-0.15, -0.1) is 0 Å². The fraction of sp³-hybridized carbons (Fsp3) is 0.267. The molecule has 0 radical (unpaired) electrons. The molecule has 1 aliphatic heterocycles. The standard InChI is InChI=1S/C15H14O2/c16-15-10-13-8-4-7-12(9-14(13)17-15)11-5-2-1-3-6-11/h1-6,8-9,12-13H,7,10H2/t12-,13-/m1/s1. The topological polar surface area (TPSA) is 26.3 Å². The number of hydrogen-bond donors (Lipinski definition) is 0. The smallest absolute Gasteiger partial charge is 0.311 e. The molecule has 1 aliphatic carbocycles. The fourth-order valence-corrected chi connectivity index (χ4v) is 2.44. The highest BCUT2D eigenvalue weighted by Crippen LogP contribution is 2.34. The zero-order chi connectivity index (χ0) is 11.7. The van der Waals surface area contributed by atoms with Crippen molar-refractivity contribution in [3.05, 3.63) is 59.9 Å². The minimum Gasteiger partial charge on any atom is -0.431 e. The predicted octanol–water partition coefficient (Wildman–Crippen LogP) is 3.18. The van der Waals surface area contributed by atoms with Gasteiger partial charge >= 0.3 is 5.97 Å². The van der Waals surface area contributed by atoms with Crippen molar-refractivity contribution in [1.82, 2.24) is 0 Å². The average molecular weight is 226 g/mol. The van der Waals surface area contributed by atoms with Gasteiger partial charge in [-0.05, 0) is 18.1 Å². The summed E-state index contributed by atoms with van der Waals surface area (Å²) < 4.78 is 5.27. The molecule has 2 aliphatic rings. The second-order valence-corrected chi connectivity index (χ2v) is 4.53. The molecule has 0 spiro atoms. The van der Waals surface area contributed by atoms with Crippen molar-refractivity contribution >= 4 is 5.97 Å². The number of hydrogen-bond acceptors (Lipinski definition) is 2. The Bertz CT molecular complexity index is 485. The second kappa shape index (κ2) is 4.21. The summed E-state index contributed by atoms with van der Waals surface area (Å²) in [5.74, 6) is 1.20. The van der Waals surface area contributed by atoms with Crippen LogP contribution in [0.2, 0.25) is 0 Å². The molecule has 1 aromatic rings. The van der Waals surface area contributed by atoms with Gasteiger partial charge in [-0.1, -0.05) is 42.5 Å². The molecule has 0 N–H and O–H groups in total. The van der Waals surface area contributed by atoms with E-state index in [0.717, 1.165) is 12.2 Å². The molecule has 0 unspecified atom stereocenters. The van der Waals surface area contributed by atoms with Crippen molar-refractivity contribution in [2.24, 2.45) is 5.92 Å². The molecule has 86 valence electrons. The Balaban J connectivity index is 1.93. The van der Waals surface area contributed by atoms with Gasteiger partial charge in [0.15, 0.2) is 0 Å². The molecular formula is C15H14O2. The van der Waals surface area contributed by atoms with Crippen LogP contribution in [0, 0.1) is 5.92 Å². The number of rotatable bonds is 1. The maximum Gasteiger partial charge on any atom is 0.311 e. The van der Waals surface area contributed by atoms with Gasteiger partial charge in [-0.3, -0.25) is 4.79 Å². The Morgan fingerprint density at radius 2 is 1.94 bits per heavy atom. The highest BCUT2D eigenvalue weighted by molar-refractivity contribution is 5.75. The molecule has 3 rings (SSSR count). The molecule has 1 aromatic carbocycles. The van der Waals surface area contributed by atoms with Crippen LogP contribution in [0.1, 0.15) is 24.3 Å². The molecule has 2 nitrogen and oxygen atoms in total. The number of carbonyl (C=O) groups is 1. The lowest BCUT2D eigenvalue weighted by Crippen LogP contribution is -1.96. The normalized spacial score (nSPS) is 27.1.